The molecule has 6 nitrogen and oxygen atoms in total. The molecule has 0 saturated carbocycles. The SMILES string of the molecule is CC(CN1CCCC1)NS(=O)(=O)c1ccnc(N)c1. The molecule has 0 aromatic carbocycles. The van der Waals surface area contributed by atoms with Crippen molar-refractivity contribution in [1.29, 1.82) is 0 Å². The first-order valence-corrected chi connectivity index (χ1v) is 7.92. The highest BCUT2D eigenvalue weighted by Crippen LogP contribution is 2.12. The quantitative estimate of drug-likeness (QED) is 0.818. The Balaban J connectivity index is 2.00. The fourth-order valence-corrected chi connectivity index (χ4v) is 3.57. The van der Waals surface area contributed by atoms with Gasteiger partial charge in [0, 0.05) is 24.8 Å². The van der Waals surface area contributed by atoms with Crippen molar-refractivity contribution in [3.63, 3.8) is 0 Å². The molecule has 0 aliphatic carbocycles. The van der Waals surface area contributed by atoms with Crippen LogP contribution in [-0.2, 0) is 10.0 Å². The van der Waals surface area contributed by atoms with Crippen LogP contribution in [0.1, 0.15) is 19.8 Å². The zero-order valence-corrected chi connectivity index (χ0v) is 11.9. The Morgan fingerprint density at radius 1 is 1.47 bits per heavy atom. The van der Waals surface area contributed by atoms with Crippen molar-refractivity contribution in [1.82, 2.24) is 14.6 Å². The van der Waals surface area contributed by atoms with Gasteiger partial charge in [0.05, 0.1) is 4.90 Å². The number of nitrogens with two attached hydrogens (primary N) is 1. The van der Waals surface area contributed by atoms with E-state index in [1.54, 1.807) is 0 Å². The summed E-state index contributed by atoms with van der Waals surface area (Å²) in [6, 6.07) is 2.68. The van der Waals surface area contributed by atoms with Crippen LogP contribution in [0.15, 0.2) is 23.2 Å². The summed E-state index contributed by atoms with van der Waals surface area (Å²) in [6.45, 7) is 4.71. The fourth-order valence-electron chi connectivity index (χ4n) is 2.32. The molecule has 0 radical (unpaired) electrons. The van der Waals surface area contributed by atoms with Crippen LogP contribution in [0.2, 0.25) is 0 Å². The molecule has 106 valence electrons. The van der Waals surface area contributed by atoms with Crippen molar-refractivity contribution < 1.29 is 8.42 Å². The Morgan fingerprint density at radius 3 is 2.79 bits per heavy atom. The molecule has 1 aliphatic rings. The molecule has 1 aliphatic heterocycles. The summed E-state index contributed by atoms with van der Waals surface area (Å²) in [5.41, 5.74) is 5.51. The van der Waals surface area contributed by atoms with Gasteiger partial charge in [-0.15, -0.1) is 0 Å². The third-order valence-electron chi connectivity index (χ3n) is 3.15. The lowest BCUT2D eigenvalue weighted by atomic mass is 10.3. The molecular formula is C12H20N4O2S. The summed E-state index contributed by atoms with van der Waals surface area (Å²) in [4.78, 5) is 6.23. The number of likely N-dealkylation sites (tertiary alicyclic amines) is 1. The lowest BCUT2D eigenvalue weighted by molar-refractivity contribution is 0.313. The van der Waals surface area contributed by atoms with Crippen molar-refractivity contribution in [3.05, 3.63) is 18.3 Å². The number of rotatable bonds is 5. The molecule has 19 heavy (non-hydrogen) atoms. The maximum absolute atomic E-state index is 12.2. The molecule has 1 aromatic rings. The zero-order chi connectivity index (χ0) is 13.9. The number of nitrogen functional groups attached to an aromatic ring is 1. The van der Waals surface area contributed by atoms with Crippen molar-refractivity contribution in [2.75, 3.05) is 25.4 Å². The highest BCUT2D eigenvalue weighted by molar-refractivity contribution is 7.89. The number of hydrogen-bond acceptors (Lipinski definition) is 5. The van der Waals surface area contributed by atoms with E-state index in [1.807, 2.05) is 6.92 Å². The summed E-state index contributed by atoms with van der Waals surface area (Å²) in [5.74, 6) is 0.204. The van der Waals surface area contributed by atoms with Gasteiger partial charge in [0.15, 0.2) is 0 Å². The number of hydrogen-bond donors (Lipinski definition) is 2. The van der Waals surface area contributed by atoms with Gasteiger partial charge in [0.2, 0.25) is 10.0 Å². The van der Waals surface area contributed by atoms with Crippen molar-refractivity contribution in [2.45, 2.75) is 30.7 Å². The monoisotopic (exact) mass is 284 g/mol. The number of nitrogens with zero attached hydrogens (tertiary/aromatic N) is 2. The molecule has 1 unspecified atom stereocenters. The van der Waals surface area contributed by atoms with Crippen molar-refractivity contribution >= 4 is 15.8 Å². The summed E-state index contributed by atoms with van der Waals surface area (Å²) in [6.07, 6.45) is 3.79. The minimum absolute atomic E-state index is 0.127. The largest absolute Gasteiger partial charge is 0.384 e. The van der Waals surface area contributed by atoms with Crippen LogP contribution in [0.4, 0.5) is 5.82 Å². The fraction of sp³-hybridized carbons (Fsp3) is 0.583. The minimum atomic E-state index is -3.52. The van der Waals surface area contributed by atoms with E-state index in [0.717, 1.165) is 19.6 Å². The molecule has 0 amide bonds. The first-order valence-electron chi connectivity index (χ1n) is 6.43. The van der Waals surface area contributed by atoms with E-state index in [2.05, 4.69) is 14.6 Å². The van der Waals surface area contributed by atoms with Crippen LogP contribution in [0.25, 0.3) is 0 Å². The molecule has 0 spiro atoms. The molecule has 7 heteroatoms. The van der Waals surface area contributed by atoms with E-state index in [-0.39, 0.29) is 16.8 Å². The lowest BCUT2D eigenvalue weighted by Crippen LogP contribution is -2.41. The molecular weight excluding hydrogens is 264 g/mol. The Bertz CT molecular complexity index is 526. The summed E-state index contributed by atoms with van der Waals surface area (Å²) >= 11 is 0. The van der Waals surface area contributed by atoms with Gasteiger partial charge in [-0.1, -0.05) is 0 Å². The molecule has 1 atom stereocenters. The Morgan fingerprint density at radius 2 is 2.16 bits per heavy atom. The third-order valence-corrected chi connectivity index (χ3v) is 4.74. The van der Waals surface area contributed by atoms with Gasteiger partial charge in [-0.3, -0.25) is 0 Å². The Kier molecular flexibility index (Phi) is 4.38. The molecule has 2 heterocycles. The number of pyridine rings is 1. The Hall–Kier alpha value is -1.18. The average Bonchev–Trinajstić information content (AvgIpc) is 2.81. The lowest BCUT2D eigenvalue weighted by Gasteiger charge is -2.21. The zero-order valence-electron chi connectivity index (χ0n) is 11.0. The van der Waals surface area contributed by atoms with Gasteiger partial charge in [0.25, 0.3) is 0 Å². The molecule has 0 bridgehead atoms. The highest BCUT2D eigenvalue weighted by atomic mass is 32.2. The number of aromatic nitrogens is 1. The summed E-state index contributed by atoms with van der Waals surface area (Å²) in [5, 5.41) is 0. The molecule has 1 fully saturated rings. The van der Waals surface area contributed by atoms with Crippen LogP contribution in [0.3, 0.4) is 0 Å². The number of nitrogens with one attached hydrogen (secondary N) is 1. The van der Waals surface area contributed by atoms with Gasteiger partial charge in [-0.25, -0.2) is 18.1 Å². The highest BCUT2D eigenvalue weighted by Gasteiger charge is 2.20. The standard InChI is InChI=1S/C12H20N4O2S/c1-10(9-16-6-2-3-7-16)15-19(17,18)11-4-5-14-12(13)8-11/h4-5,8,10,15H,2-3,6-7,9H2,1H3,(H2,13,14). The predicted octanol–water partition coefficient (Wildman–Crippen LogP) is 0.426. The van der Waals surface area contributed by atoms with Crippen LogP contribution < -0.4 is 10.5 Å². The van der Waals surface area contributed by atoms with Gasteiger partial charge in [0.1, 0.15) is 5.82 Å². The topological polar surface area (TPSA) is 88.3 Å². The number of anilines is 1. The molecule has 1 saturated heterocycles. The van der Waals surface area contributed by atoms with Crippen molar-refractivity contribution in [3.8, 4) is 0 Å². The minimum Gasteiger partial charge on any atom is -0.384 e. The first-order chi connectivity index (χ1) is 8.97. The average molecular weight is 284 g/mol. The summed E-state index contributed by atoms with van der Waals surface area (Å²) < 4.78 is 27.0. The van der Waals surface area contributed by atoms with E-state index in [4.69, 9.17) is 5.73 Å². The molecule has 1 aromatic heterocycles. The van der Waals surface area contributed by atoms with Crippen LogP contribution in [0, 0.1) is 0 Å². The maximum Gasteiger partial charge on any atom is 0.241 e. The van der Waals surface area contributed by atoms with Gasteiger partial charge >= 0.3 is 0 Å². The van der Waals surface area contributed by atoms with E-state index in [0.29, 0.717) is 0 Å². The Labute approximate surface area is 114 Å². The first kappa shape index (κ1) is 14.2. The van der Waals surface area contributed by atoms with Gasteiger partial charge in [-0.2, -0.15) is 0 Å². The van der Waals surface area contributed by atoms with Crippen LogP contribution in [0.5, 0.6) is 0 Å². The van der Waals surface area contributed by atoms with E-state index >= 15 is 0 Å². The van der Waals surface area contributed by atoms with Gasteiger partial charge < -0.3 is 10.6 Å². The van der Waals surface area contributed by atoms with Gasteiger partial charge in [-0.05, 0) is 38.9 Å². The maximum atomic E-state index is 12.2. The van der Waals surface area contributed by atoms with Crippen LogP contribution in [-0.4, -0.2) is 44.0 Å². The summed E-state index contributed by atoms with van der Waals surface area (Å²) in [7, 11) is -3.52. The van der Waals surface area contributed by atoms with Crippen LogP contribution >= 0.6 is 0 Å². The third kappa shape index (κ3) is 3.89. The van der Waals surface area contributed by atoms with E-state index in [1.165, 1.54) is 31.2 Å². The smallest absolute Gasteiger partial charge is 0.241 e. The van der Waals surface area contributed by atoms with E-state index in [9.17, 15) is 8.42 Å². The van der Waals surface area contributed by atoms with E-state index < -0.39 is 10.0 Å². The molecule has 3 N–H and O–H groups in total. The molecule has 2 rings (SSSR count). The predicted molar refractivity (Wildman–Crippen MR) is 74.1 cm³/mol. The second kappa shape index (κ2) is 5.85. The number of sulfonamides is 1. The normalized spacial score (nSPS) is 18.6. The second-order valence-electron chi connectivity index (χ2n) is 4.95. The van der Waals surface area contributed by atoms with Crippen molar-refractivity contribution in [2.24, 2.45) is 0 Å². The second-order valence-corrected chi connectivity index (χ2v) is 6.66.